The van der Waals surface area contributed by atoms with Gasteiger partial charge in [-0.05, 0) is 24.6 Å². The van der Waals surface area contributed by atoms with Crippen LogP contribution in [0.25, 0.3) is 0 Å². The highest BCUT2D eigenvalue weighted by Crippen LogP contribution is 2.25. The molecule has 0 bridgehead atoms. The van der Waals surface area contributed by atoms with Crippen LogP contribution in [0.2, 0.25) is 0 Å². The molecular weight excluding hydrogens is 286 g/mol. The van der Waals surface area contributed by atoms with Crippen molar-refractivity contribution in [2.75, 3.05) is 50.4 Å². The largest absolute Gasteiger partial charge is 0.368 e. The van der Waals surface area contributed by atoms with Crippen LogP contribution in [0.4, 0.5) is 5.69 Å². The van der Waals surface area contributed by atoms with E-state index in [1.54, 1.807) is 12.1 Å². The van der Waals surface area contributed by atoms with Crippen molar-refractivity contribution >= 4 is 15.5 Å². The van der Waals surface area contributed by atoms with Crippen molar-refractivity contribution < 1.29 is 8.42 Å². The van der Waals surface area contributed by atoms with Crippen molar-refractivity contribution in [2.45, 2.75) is 11.8 Å². The molecule has 1 aromatic carbocycles. The van der Waals surface area contributed by atoms with Gasteiger partial charge in [-0.3, -0.25) is 4.90 Å². The predicted octanol–water partition coefficient (Wildman–Crippen LogP) is 0.807. The Bertz CT molecular complexity index is 566. The molecule has 21 heavy (non-hydrogen) atoms. The van der Waals surface area contributed by atoms with E-state index in [0.29, 0.717) is 17.4 Å². The molecule has 0 aromatic heterocycles. The SMILES string of the molecule is CC(CN)CN1CCN(c2ccccc2S(C)(=O)=O)CC1. The first-order valence-electron chi connectivity index (χ1n) is 7.38. The van der Waals surface area contributed by atoms with E-state index in [4.69, 9.17) is 5.73 Å². The third kappa shape index (κ3) is 4.18. The van der Waals surface area contributed by atoms with E-state index in [2.05, 4.69) is 16.7 Å². The first kappa shape index (κ1) is 16.3. The van der Waals surface area contributed by atoms with Gasteiger partial charge in [0.25, 0.3) is 0 Å². The highest BCUT2D eigenvalue weighted by atomic mass is 32.2. The third-order valence-corrected chi connectivity index (χ3v) is 5.09. The zero-order chi connectivity index (χ0) is 15.5. The van der Waals surface area contributed by atoms with Gasteiger partial charge in [0.05, 0.1) is 10.6 Å². The van der Waals surface area contributed by atoms with Gasteiger partial charge in [-0.25, -0.2) is 8.42 Å². The first-order valence-corrected chi connectivity index (χ1v) is 9.27. The summed E-state index contributed by atoms with van der Waals surface area (Å²) in [7, 11) is -3.19. The molecular formula is C15H25N3O2S. The van der Waals surface area contributed by atoms with Crippen molar-refractivity contribution in [3.05, 3.63) is 24.3 Å². The molecule has 0 amide bonds. The summed E-state index contributed by atoms with van der Waals surface area (Å²) in [6, 6.07) is 7.26. The minimum Gasteiger partial charge on any atom is -0.368 e. The van der Waals surface area contributed by atoms with Gasteiger partial charge in [-0.2, -0.15) is 0 Å². The number of para-hydroxylation sites is 1. The minimum absolute atomic E-state index is 0.425. The number of nitrogens with two attached hydrogens (primary N) is 1. The molecule has 1 aliphatic rings. The number of nitrogens with zero attached hydrogens (tertiary/aromatic N) is 2. The predicted molar refractivity (Wildman–Crippen MR) is 86.4 cm³/mol. The molecule has 0 radical (unpaired) electrons. The van der Waals surface area contributed by atoms with Crippen LogP contribution in [-0.2, 0) is 9.84 Å². The second kappa shape index (κ2) is 6.77. The van der Waals surface area contributed by atoms with Crippen LogP contribution in [0.15, 0.2) is 29.2 Å². The maximum absolute atomic E-state index is 11.9. The van der Waals surface area contributed by atoms with Gasteiger partial charge in [0.2, 0.25) is 0 Å². The molecule has 118 valence electrons. The van der Waals surface area contributed by atoms with Crippen LogP contribution in [0, 0.1) is 5.92 Å². The zero-order valence-electron chi connectivity index (χ0n) is 12.8. The Morgan fingerprint density at radius 3 is 2.38 bits per heavy atom. The average Bonchev–Trinajstić information content (AvgIpc) is 2.47. The van der Waals surface area contributed by atoms with Crippen LogP contribution in [0.1, 0.15) is 6.92 Å². The number of sulfone groups is 1. The quantitative estimate of drug-likeness (QED) is 0.871. The molecule has 2 rings (SSSR count). The summed E-state index contributed by atoms with van der Waals surface area (Å²) in [5.41, 5.74) is 6.50. The normalized spacial score (nSPS) is 18.7. The molecule has 5 nitrogen and oxygen atoms in total. The molecule has 1 atom stereocenters. The van der Waals surface area contributed by atoms with Gasteiger partial charge in [-0.1, -0.05) is 19.1 Å². The summed E-state index contributed by atoms with van der Waals surface area (Å²) in [5, 5.41) is 0. The van der Waals surface area contributed by atoms with Crippen LogP contribution in [-0.4, -0.2) is 58.8 Å². The van der Waals surface area contributed by atoms with E-state index in [9.17, 15) is 8.42 Å². The molecule has 1 saturated heterocycles. The molecule has 6 heteroatoms. The highest BCUT2D eigenvalue weighted by molar-refractivity contribution is 7.90. The van der Waals surface area contributed by atoms with Crippen molar-refractivity contribution in [1.29, 1.82) is 0 Å². The second-order valence-electron chi connectivity index (χ2n) is 5.87. The van der Waals surface area contributed by atoms with E-state index in [1.807, 2.05) is 12.1 Å². The molecule has 1 heterocycles. The maximum Gasteiger partial charge on any atom is 0.177 e. The summed E-state index contributed by atoms with van der Waals surface area (Å²) in [6.07, 6.45) is 1.27. The molecule has 0 saturated carbocycles. The van der Waals surface area contributed by atoms with Gasteiger partial charge in [-0.15, -0.1) is 0 Å². The Hall–Kier alpha value is -1.11. The van der Waals surface area contributed by atoms with Gasteiger partial charge < -0.3 is 10.6 Å². The first-order chi connectivity index (χ1) is 9.91. The number of hydrogen-bond acceptors (Lipinski definition) is 5. The molecule has 2 N–H and O–H groups in total. The summed E-state index contributed by atoms with van der Waals surface area (Å²) in [5.74, 6) is 0.500. The lowest BCUT2D eigenvalue weighted by molar-refractivity contribution is 0.227. The monoisotopic (exact) mass is 311 g/mol. The average molecular weight is 311 g/mol. The van der Waals surface area contributed by atoms with Crippen LogP contribution < -0.4 is 10.6 Å². The van der Waals surface area contributed by atoms with Crippen LogP contribution in [0.5, 0.6) is 0 Å². The van der Waals surface area contributed by atoms with Crippen molar-refractivity contribution in [2.24, 2.45) is 11.7 Å². The molecule has 1 unspecified atom stereocenters. The molecule has 1 aliphatic heterocycles. The second-order valence-corrected chi connectivity index (χ2v) is 7.85. The van der Waals surface area contributed by atoms with Gasteiger partial charge in [0, 0.05) is 39.0 Å². The lowest BCUT2D eigenvalue weighted by Gasteiger charge is -2.37. The fraction of sp³-hybridized carbons (Fsp3) is 0.600. The minimum atomic E-state index is -3.19. The number of rotatable bonds is 5. The fourth-order valence-electron chi connectivity index (χ4n) is 2.72. The lowest BCUT2D eigenvalue weighted by atomic mass is 10.1. The van der Waals surface area contributed by atoms with Crippen molar-refractivity contribution in [3.8, 4) is 0 Å². The lowest BCUT2D eigenvalue weighted by Crippen LogP contribution is -2.48. The number of hydrogen-bond donors (Lipinski definition) is 1. The summed E-state index contributed by atoms with van der Waals surface area (Å²) in [6.45, 7) is 7.47. The summed E-state index contributed by atoms with van der Waals surface area (Å²) in [4.78, 5) is 4.99. The Morgan fingerprint density at radius 1 is 1.19 bits per heavy atom. The number of benzene rings is 1. The summed E-state index contributed by atoms with van der Waals surface area (Å²) < 4.78 is 23.8. The van der Waals surface area contributed by atoms with Crippen LogP contribution in [0.3, 0.4) is 0 Å². The Labute approximate surface area is 127 Å². The summed E-state index contributed by atoms with van der Waals surface area (Å²) >= 11 is 0. The van der Waals surface area contributed by atoms with Gasteiger partial charge in [0.1, 0.15) is 0 Å². The Balaban J connectivity index is 2.06. The van der Waals surface area contributed by atoms with E-state index in [1.165, 1.54) is 6.26 Å². The standard InChI is InChI=1S/C15H25N3O2S/c1-13(11-16)12-17-7-9-18(10-8-17)14-5-3-4-6-15(14)21(2,19)20/h3-6,13H,7-12,16H2,1-2H3. The third-order valence-electron chi connectivity index (χ3n) is 3.95. The van der Waals surface area contributed by atoms with Gasteiger partial charge in [0.15, 0.2) is 9.84 Å². The van der Waals surface area contributed by atoms with E-state index < -0.39 is 9.84 Å². The van der Waals surface area contributed by atoms with Gasteiger partial charge >= 0.3 is 0 Å². The Kier molecular flexibility index (Phi) is 5.24. The van der Waals surface area contributed by atoms with E-state index in [0.717, 1.165) is 38.4 Å². The van der Waals surface area contributed by atoms with Crippen molar-refractivity contribution in [3.63, 3.8) is 0 Å². The van der Waals surface area contributed by atoms with Crippen LogP contribution >= 0.6 is 0 Å². The highest BCUT2D eigenvalue weighted by Gasteiger charge is 2.22. The molecule has 0 aliphatic carbocycles. The molecule has 0 spiro atoms. The van der Waals surface area contributed by atoms with E-state index >= 15 is 0 Å². The molecule has 1 aromatic rings. The fourth-order valence-corrected chi connectivity index (χ4v) is 3.62. The topological polar surface area (TPSA) is 66.6 Å². The molecule has 1 fully saturated rings. The Morgan fingerprint density at radius 2 is 1.81 bits per heavy atom. The zero-order valence-corrected chi connectivity index (χ0v) is 13.6. The smallest absolute Gasteiger partial charge is 0.177 e. The maximum atomic E-state index is 11.9. The number of anilines is 1. The number of piperazine rings is 1. The van der Waals surface area contributed by atoms with Crippen molar-refractivity contribution in [1.82, 2.24) is 4.90 Å². The van der Waals surface area contributed by atoms with E-state index in [-0.39, 0.29) is 0 Å².